The van der Waals surface area contributed by atoms with Crippen LogP contribution >= 0.6 is 0 Å². The lowest BCUT2D eigenvalue weighted by atomic mass is 9.86. The van der Waals surface area contributed by atoms with Gasteiger partial charge in [-0.15, -0.1) is 0 Å². The molecule has 1 aliphatic rings. The summed E-state index contributed by atoms with van der Waals surface area (Å²) in [6.07, 6.45) is 10.8. The smallest absolute Gasteiger partial charge is 0.162 e. The molecule has 4 rings (SSSR count). The zero-order valence-electron chi connectivity index (χ0n) is 21.0. The third kappa shape index (κ3) is 6.07. The molecule has 0 saturated heterocycles. The number of aryl methyl sites for hydroxylation is 2. The van der Waals surface area contributed by atoms with E-state index in [1.807, 2.05) is 60.7 Å². The average molecular weight is 487 g/mol. The maximum absolute atomic E-state index is 15.1. The summed E-state index contributed by atoms with van der Waals surface area (Å²) in [5.41, 5.74) is 5.36. The third-order valence-electron chi connectivity index (χ3n) is 6.79. The van der Waals surface area contributed by atoms with E-state index in [9.17, 15) is 4.39 Å². The Labute approximate surface area is 212 Å². The molecule has 1 atom stereocenters. The number of unbranched alkanes of at least 4 members (excludes halogenated alkanes) is 1. The van der Waals surface area contributed by atoms with Crippen LogP contribution in [0, 0.1) is 5.82 Å². The van der Waals surface area contributed by atoms with Crippen LogP contribution in [-0.4, -0.2) is 0 Å². The first kappa shape index (κ1) is 25.8. The minimum Gasteiger partial charge on any atom is -0.208 e. The predicted molar refractivity (Wildman–Crippen MR) is 145 cm³/mol. The molecule has 0 nitrogen and oxygen atoms in total. The van der Waals surface area contributed by atoms with Gasteiger partial charge in [0.1, 0.15) is 11.6 Å². The van der Waals surface area contributed by atoms with Crippen LogP contribution in [0.15, 0.2) is 84.5 Å². The standard InChI is InChI=1S/C33H33F3/c1-3-5-7-25-13-19-28(31(34)22-25)18-12-24-10-16-27(17-11-24)30-21-20-29(32(35)33(30)36)26-14-8-23(6-4-2)9-15-26/h8-20,22,30H,3-7,21H2,1-2H3/b18-12+. The molecule has 0 fully saturated rings. The van der Waals surface area contributed by atoms with Gasteiger partial charge in [-0.1, -0.05) is 106 Å². The summed E-state index contributed by atoms with van der Waals surface area (Å²) in [7, 11) is 0. The van der Waals surface area contributed by atoms with Crippen LogP contribution in [0.1, 0.15) is 78.8 Å². The number of rotatable bonds is 9. The molecule has 36 heavy (non-hydrogen) atoms. The molecule has 3 heteroatoms. The van der Waals surface area contributed by atoms with Crippen molar-refractivity contribution in [3.8, 4) is 0 Å². The highest BCUT2D eigenvalue weighted by atomic mass is 19.2. The van der Waals surface area contributed by atoms with Gasteiger partial charge in [0.2, 0.25) is 0 Å². The first-order valence-electron chi connectivity index (χ1n) is 12.9. The van der Waals surface area contributed by atoms with Crippen molar-refractivity contribution in [1.29, 1.82) is 0 Å². The van der Waals surface area contributed by atoms with E-state index >= 15 is 8.78 Å². The van der Waals surface area contributed by atoms with E-state index in [1.54, 1.807) is 24.3 Å². The molecule has 1 aliphatic carbocycles. The van der Waals surface area contributed by atoms with Gasteiger partial charge in [-0.05, 0) is 59.6 Å². The van der Waals surface area contributed by atoms with E-state index in [0.717, 1.165) is 48.8 Å². The number of halogens is 3. The largest absolute Gasteiger partial charge is 0.208 e. The Balaban J connectivity index is 1.44. The molecule has 0 aliphatic heterocycles. The summed E-state index contributed by atoms with van der Waals surface area (Å²) >= 11 is 0. The summed E-state index contributed by atoms with van der Waals surface area (Å²) in [6.45, 7) is 4.24. The van der Waals surface area contributed by atoms with Crippen molar-refractivity contribution in [2.45, 2.75) is 58.3 Å². The Morgan fingerprint density at radius 1 is 0.778 bits per heavy atom. The monoisotopic (exact) mass is 486 g/mol. The van der Waals surface area contributed by atoms with Gasteiger partial charge in [-0.2, -0.15) is 0 Å². The van der Waals surface area contributed by atoms with Crippen molar-refractivity contribution in [3.05, 3.63) is 124 Å². The SMILES string of the molecule is CCCCc1ccc(/C=C/c2ccc(C3CC=C(c4ccc(CCC)cc4)C(F)=C3F)cc2)c(F)c1. The fourth-order valence-electron chi connectivity index (χ4n) is 4.64. The normalized spacial score (nSPS) is 16.0. The van der Waals surface area contributed by atoms with E-state index in [4.69, 9.17) is 0 Å². The van der Waals surface area contributed by atoms with Crippen LogP contribution in [0.3, 0.4) is 0 Å². The first-order valence-corrected chi connectivity index (χ1v) is 12.9. The topological polar surface area (TPSA) is 0 Å². The van der Waals surface area contributed by atoms with Crippen LogP contribution in [-0.2, 0) is 12.8 Å². The van der Waals surface area contributed by atoms with Crippen LogP contribution < -0.4 is 0 Å². The van der Waals surface area contributed by atoms with Gasteiger partial charge in [-0.25, -0.2) is 13.2 Å². The quantitative estimate of drug-likeness (QED) is 0.264. The fraction of sp³-hybridized carbons (Fsp3) is 0.273. The zero-order valence-corrected chi connectivity index (χ0v) is 21.0. The van der Waals surface area contributed by atoms with Gasteiger partial charge in [0.25, 0.3) is 0 Å². The number of benzene rings is 3. The fourth-order valence-corrected chi connectivity index (χ4v) is 4.64. The summed E-state index contributed by atoms with van der Waals surface area (Å²) in [6, 6.07) is 20.4. The maximum Gasteiger partial charge on any atom is 0.162 e. The first-order chi connectivity index (χ1) is 17.5. The molecule has 0 N–H and O–H groups in total. The van der Waals surface area contributed by atoms with Crippen molar-refractivity contribution in [2.24, 2.45) is 0 Å². The average Bonchev–Trinajstić information content (AvgIpc) is 2.90. The molecular weight excluding hydrogens is 453 g/mol. The van der Waals surface area contributed by atoms with Crippen LogP contribution in [0.5, 0.6) is 0 Å². The van der Waals surface area contributed by atoms with Gasteiger partial charge in [-0.3, -0.25) is 0 Å². The van der Waals surface area contributed by atoms with Gasteiger partial charge < -0.3 is 0 Å². The third-order valence-corrected chi connectivity index (χ3v) is 6.79. The van der Waals surface area contributed by atoms with Gasteiger partial charge in [0, 0.05) is 17.1 Å². The molecule has 0 spiro atoms. The van der Waals surface area contributed by atoms with E-state index < -0.39 is 17.6 Å². The number of hydrogen-bond acceptors (Lipinski definition) is 0. The van der Waals surface area contributed by atoms with Crippen molar-refractivity contribution < 1.29 is 13.2 Å². The number of hydrogen-bond donors (Lipinski definition) is 0. The molecule has 0 bridgehead atoms. The highest BCUT2D eigenvalue weighted by Crippen LogP contribution is 2.42. The Kier molecular flexibility index (Phi) is 8.64. The molecule has 3 aromatic rings. The molecule has 1 unspecified atom stereocenters. The zero-order chi connectivity index (χ0) is 25.5. The summed E-state index contributed by atoms with van der Waals surface area (Å²) < 4.78 is 44.6. The van der Waals surface area contributed by atoms with Crippen molar-refractivity contribution in [1.82, 2.24) is 0 Å². The van der Waals surface area contributed by atoms with Gasteiger partial charge >= 0.3 is 0 Å². The second-order valence-corrected chi connectivity index (χ2v) is 9.47. The Morgan fingerprint density at radius 2 is 1.50 bits per heavy atom. The lowest BCUT2D eigenvalue weighted by Crippen LogP contribution is -2.06. The molecule has 186 valence electrons. The predicted octanol–water partition coefficient (Wildman–Crippen LogP) is 10.0. The van der Waals surface area contributed by atoms with Crippen molar-refractivity contribution in [3.63, 3.8) is 0 Å². The highest BCUT2D eigenvalue weighted by molar-refractivity contribution is 5.79. The van der Waals surface area contributed by atoms with E-state index in [-0.39, 0.29) is 5.82 Å². The van der Waals surface area contributed by atoms with Crippen LogP contribution in [0.2, 0.25) is 0 Å². The lowest BCUT2D eigenvalue weighted by Gasteiger charge is -2.21. The second-order valence-electron chi connectivity index (χ2n) is 9.47. The Bertz CT molecular complexity index is 1260. The summed E-state index contributed by atoms with van der Waals surface area (Å²) in [5, 5.41) is 0. The highest BCUT2D eigenvalue weighted by Gasteiger charge is 2.27. The maximum atomic E-state index is 15.1. The van der Waals surface area contributed by atoms with Gasteiger partial charge in [0.05, 0.1) is 0 Å². The Hall–Kier alpha value is -3.33. The summed E-state index contributed by atoms with van der Waals surface area (Å²) in [5.74, 6) is -2.38. The molecule has 0 aromatic heterocycles. The summed E-state index contributed by atoms with van der Waals surface area (Å²) in [4.78, 5) is 0. The van der Waals surface area contributed by atoms with E-state index in [1.165, 1.54) is 5.56 Å². The van der Waals surface area contributed by atoms with Crippen molar-refractivity contribution in [2.75, 3.05) is 0 Å². The van der Waals surface area contributed by atoms with Crippen LogP contribution in [0.25, 0.3) is 17.7 Å². The number of allylic oxidation sites excluding steroid dienone is 4. The van der Waals surface area contributed by atoms with E-state index in [2.05, 4.69) is 13.8 Å². The second kappa shape index (κ2) is 12.1. The molecule has 0 saturated carbocycles. The molecule has 0 heterocycles. The minimum absolute atomic E-state index is 0.232. The minimum atomic E-state index is -0.781. The lowest BCUT2D eigenvalue weighted by molar-refractivity contribution is 0.487. The molecule has 0 amide bonds. The molecule has 3 aromatic carbocycles. The van der Waals surface area contributed by atoms with Gasteiger partial charge in [0.15, 0.2) is 5.83 Å². The van der Waals surface area contributed by atoms with Crippen LogP contribution in [0.4, 0.5) is 13.2 Å². The molecular formula is C33H33F3. The van der Waals surface area contributed by atoms with Crippen molar-refractivity contribution >= 4 is 17.7 Å². The van der Waals surface area contributed by atoms with E-state index in [0.29, 0.717) is 23.1 Å². The molecule has 0 radical (unpaired) electrons. The Morgan fingerprint density at radius 3 is 2.17 bits per heavy atom.